The van der Waals surface area contributed by atoms with Crippen molar-refractivity contribution in [2.75, 3.05) is 25.1 Å². The van der Waals surface area contributed by atoms with Crippen molar-refractivity contribution in [3.05, 3.63) is 0 Å². The van der Waals surface area contributed by atoms with Crippen LogP contribution in [0.4, 0.5) is 0 Å². The Balaban J connectivity index is 2.59. The maximum absolute atomic E-state index is 3.64. The van der Waals surface area contributed by atoms with E-state index in [1.165, 1.54) is 25.1 Å². The minimum atomic E-state index is 0.713. The Morgan fingerprint density at radius 3 is 2.59 bits per heavy atom. The lowest BCUT2D eigenvalue weighted by molar-refractivity contribution is 0.0537. The molecule has 0 bridgehead atoms. The maximum atomic E-state index is 3.64. The summed E-state index contributed by atoms with van der Waals surface area (Å²) in [6, 6.07) is 2.20. The highest BCUT2D eigenvalue weighted by atomic mass is 32.2. The molecule has 1 aliphatic heterocycles. The van der Waals surface area contributed by atoms with Gasteiger partial charge in [0, 0.05) is 30.4 Å². The summed E-state index contributed by atoms with van der Waals surface area (Å²) in [5.74, 6) is 2.04. The van der Waals surface area contributed by atoms with Gasteiger partial charge in [0.1, 0.15) is 0 Å². The summed E-state index contributed by atoms with van der Waals surface area (Å²) < 4.78 is 0. The van der Waals surface area contributed by atoms with Crippen molar-refractivity contribution < 1.29 is 0 Å². The van der Waals surface area contributed by atoms with E-state index in [-0.39, 0.29) is 0 Å². The third-order valence-corrected chi connectivity index (χ3v) is 5.10. The van der Waals surface area contributed by atoms with E-state index in [0.29, 0.717) is 6.04 Å². The largest absolute Gasteiger partial charge is 0.314 e. The third kappa shape index (κ3) is 3.87. The number of rotatable bonds is 6. The number of piperidine rings is 1. The van der Waals surface area contributed by atoms with Gasteiger partial charge in [-0.05, 0) is 38.5 Å². The highest BCUT2D eigenvalue weighted by molar-refractivity contribution is 7.98. The number of hydrogen-bond acceptors (Lipinski definition) is 3. The predicted octanol–water partition coefficient (Wildman–Crippen LogP) is 2.84. The Kier molecular flexibility index (Phi) is 6.90. The molecule has 17 heavy (non-hydrogen) atoms. The second-order valence-electron chi connectivity index (χ2n) is 5.31. The number of thioether (sulfide) groups is 1. The van der Waals surface area contributed by atoms with Crippen molar-refractivity contribution in [2.24, 2.45) is 5.92 Å². The van der Waals surface area contributed by atoms with Crippen LogP contribution in [-0.2, 0) is 0 Å². The Morgan fingerprint density at radius 2 is 2.06 bits per heavy atom. The van der Waals surface area contributed by atoms with Crippen molar-refractivity contribution in [3.8, 4) is 0 Å². The lowest BCUT2D eigenvalue weighted by Crippen LogP contribution is -2.56. The molecule has 0 radical (unpaired) electrons. The average molecular weight is 258 g/mol. The Labute approximate surface area is 112 Å². The van der Waals surface area contributed by atoms with E-state index in [1.807, 2.05) is 11.8 Å². The summed E-state index contributed by atoms with van der Waals surface area (Å²) >= 11 is 1.98. The van der Waals surface area contributed by atoms with Crippen molar-refractivity contribution in [2.45, 2.75) is 58.7 Å². The average Bonchev–Trinajstić information content (AvgIpc) is 2.33. The van der Waals surface area contributed by atoms with Crippen LogP contribution in [0.2, 0.25) is 0 Å². The maximum Gasteiger partial charge on any atom is 0.0186 e. The van der Waals surface area contributed by atoms with Gasteiger partial charge in [0.05, 0.1) is 0 Å². The Hall–Kier alpha value is 0.270. The minimum absolute atomic E-state index is 0.713. The van der Waals surface area contributed by atoms with Gasteiger partial charge >= 0.3 is 0 Å². The number of likely N-dealkylation sites (tertiary alicyclic amines) is 1. The summed E-state index contributed by atoms with van der Waals surface area (Å²) in [6.07, 6.45) is 4.82. The van der Waals surface area contributed by atoms with Crippen LogP contribution < -0.4 is 5.32 Å². The Morgan fingerprint density at radius 1 is 1.35 bits per heavy atom. The van der Waals surface area contributed by atoms with E-state index in [1.54, 1.807) is 0 Å². The molecule has 0 amide bonds. The van der Waals surface area contributed by atoms with Crippen molar-refractivity contribution in [1.29, 1.82) is 0 Å². The lowest BCUT2D eigenvalue weighted by atomic mass is 9.86. The van der Waals surface area contributed by atoms with Crippen LogP contribution in [0.3, 0.4) is 0 Å². The molecule has 0 aromatic rings. The Bertz CT molecular complexity index is 210. The van der Waals surface area contributed by atoms with Crippen LogP contribution in [0.15, 0.2) is 0 Å². The fraction of sp³-hybridized carbons (Fsp3) is 1.00. The summed E-state index contributed by atoms with van der Waals surface area (Å²) in [5, 5.41) is 3.64. The van der Waals surface area contributed by atoms with Crippen molar-refractivity contribution in [3.63, 3.8) is 0 Å². The normalized spacial score (nSPS) is 32.6. The van der Waals surface area contributed by atoms with Crippen LogP contribution in [0.1, 0.15) is 40.5 Å². The van der Waals surface area contributed by atoms with Gasteiger partial charge in [-0.3, -0.25) is 4.90 Å². The fourth-order valence-corrected chi connectivity index (χ4v) is 3.91. The summed E-state index contributed by atoms with van der Waals surface area (Å²) in [6.45, 7) is 11.7. The first-order valence-corrected chi connectivity index (χ1v) is 8.53. The van der Waals surface area contributed by atoms with Gasteiger partial charge in [-0.15, -0.1) is 0 Å². The van der Waals surface area contributed by atoms with Crippen molar-refractivity contribution in [1.82, 2.24) is 10.2 Å². The molecule has 102 valence electrons. The van der Waals surface area contributed by atoms with Crippen LogP contribution in [0, 0.1) is 5.92 Å². The van der Waals surface area contributed by atoms with E-state index in [2.05, 4.69) is 44.2 Å². The molecule has 4 unspecified atom stereocenters. The molecule has 0 spiro atoms. The molecule has 1 saturated heterocycles. The SMILES string of the molecule is CCNC1CCN(C(CC)CSC)C(C)C1C. The van der Waals surface area contributed by atoms with Crippen LogP contribution in [-0.4, -0.2) is 48.1 Å². The van der Waals surface area contributed by atoms with Gasteiger partial charge in [0.2, 0.25) is 0 Å². The topological polar surface area (TPSA) is 15.3 Å². The highest BCUT2D eigenvalue weighted by Crippen LogP contribution is 2.27. The van der Waals surface area contributed by atoms with Gasteiger partial charge in [-0.1, -0.05) is 20.8 Å². The summed E-state index contributed by atoms with van der Waals surface area (Å²) in [5.41, 5.74) is 0. The fourth-order valence-electron chi connectivity index (χ4n) is 3.10. The first-order valence-electron chi connectivity index (χ1n) is 7.13. The van der Waals surface area contributed by atoms with Gasteiger partial charge in [0.25, 0.3) is 0 Å². The molecular formula is C14H30N2S. The first kappa shape index (κ1) is 15.3. The van der Waals surface area contributed by atoms with E-state index < -0.39 is 0 Å². The van der Waals surface area contributed by atoms with E-state index >= 15 is 0 Å². The summed E-state index contributed by atoms with van der Waals surface area (Å²) in [4.78, 5) is 2.75. The predicted molar refractivity (Wildman–Crippen MR) is 79.9 cm³/mol. The van der Waals surface area contributed by atoms with Gasteiger partial charge in [-0.2, -0.15) is 11.8 Å². The number of nitrogens with zero attached hydrogens (tertiary/aromatic N) is 1. The highest BCUT2D eigenvalue weighted by Gasteiger charge is 2.34. The zero-order chi connectivity index (χ0) is 12.8. The molecule has 0 aliphatic carbocycles. The minimum Gasteiger partial charge on any atom is -0.314 e. The second-order valence-corrected chi connectivity index (χ2v) is 6.22. The zero-order valence-corrected chi connectivity index (χ0v) is 13.0. The van der Waals surface area contributed by atoms with Crippen LogP contribution >= 0.6 is 11.8 Å². The zero-order valence-electron chi connectivity index (χ0n) is 12.2. The van der Waals surface area contributed by atoms with Gasteiger partial charge < -0.3 is 5.32 Å². The van der Waals surface area contributed by atoms with Gasteiger partial charge in [0.15, 0.2) is 0 Å². The molecule has 0 saturated carbocycles. The lowest BCUT2D eigenvalue weighted by Gasteiger charge is -2.46. The number of hydrogen-bond donors (Lipinski definition) is 1. The van der Waals surface area contributed by atoms with E-state index in [9.17, 15) is 0 Å². The smallest absolute Gasteiger partial charge is 0.0186 e. The monoisotopic (exact) mass is 258 g/mol. The molecule has 0 aromatic heterocycles. The molecular weight excluding hydrogens is 228 g/mol. The molecule has 1 rings (SSSR count). The molecule has 1 heterocycles. The molecule has 2 nitrogen and oxygen atoms in total. The third-order valence-electron chi connectivity index (χ3n) is 4.38. The molecule has 3 heteroatoms. The second kappa shape index (κ2) is 7.65. The quantitative estimate of drug-likeness (QED) is 0.789. The first-order chi connectivity index (χ1) is 8.15. The number of nitrogens with one attached hydrogen (secondary N) is 1. The van der Waals surface area contributed by atoms with Crippen LogP contribution in [0.5, 0.6) is 0 Å². The molecule has 0 aromatic carbocycles. The van der Waals surface area contributed by atoms with Crippen molar-refractivity contribution >= 4 is 11.8 Å². The van der Waals surface area contributed by atoms with E-state index in [0.717, 1.165) is 24.5 Å². The van der Waals surface area contributed by atoms with E-state index in [4.69, 9.17) is 0 Å². The molecule has 4 atom stereocenters. The van der Waals surface area contributed by atoms with Gasteiger partial charge in [-0.25, -0.2) is 0 Å². The molecule has 1 aliphatic rings. The summed E-state index contributed by atoms with van der Waals surface area (Å²) in [7, 11) is 0. The standard InChI is InChI=1S/C14H30N2S/c1-6-13(10-17-5)16-9-8-14(15-7-2)11(3)12(16)4/h11-15H,6-10H2,1-5H3. The van der Waals surface area contributed by atoms with Crippen LogP contribution in [0.25, 0.3) is 0 Å². The molecule has 1 fully saturated rings. The molecule has 1 N–H and O–H groups in total.